The van der Waals surface area contributed by atoms with E-state index in [1.54, 1.807) is 6.92 Å². The average molecular weight is 411 g/mol. The van der Waals surface area contributed by atoms with Crippen molar-refractivity contribution in [1.82, 2.24) is 14.5 Å². The molecule has 23 heavy (non-hydrogen) atoms. The van der Waals surface area contributed by atoms with E-state index in [1.165, 1.54) is 16.8 Å². The van der Waals surface area contributed by atoms with E-state index in [-0.39, 0.29) is 17.7 Å². The SMILES string of the molecule is CCc1nc(C)n(-c2ncc(Br)cc2OC(F)F)c1Cl.O=C=O. The number of rotatable bonds is 4. The molecule has 0 bridgehead atoms. The van der Waals surface area contributed by atoms with Crippen LogP contribution in [-0.2, 0) is 16.0 Å². The Bertz CT molecular complexity index is 719. The fourth-order valence-corrected chi connectivity index (χ4v) is 2.49. The van der Waals surface area contributed by atoms with Crippen LogP contribution in [0, 0.1) is 6.92 Å². The molecule has 6 nitrogen and oxygen atoms in total. The molecule has 0 aliphatic rings. The van der Waals surface area contributed by atoms with Crippen LogP contribution in [0.3, 0.4) is 0 Å². The minimum Gasteiger partial charge on any atom is -0.431 e. The normalized spacial score (nSPS) is 10.0. The Morgan fingerprint density at radius 1 is 1.48 bits per heavy atom. The molecule has 0 radical (unpaired) electrons. The molecule has 0 aromatic carbocycles. The van der Waals surface area contributed by atoms with Crippen LogP contribution in [0.2, 0.25) is 5.15 Å². The Labute approximate surface area is 143 Å². The maximum Gasteiger partial charge on any atom is 0.387 e. The van der Waals surface area contributed by atoms with Gasteiger partial charge in [-0.3, -0.25) is 4.57 Å². The van der Waals surface area contributed by atoms with Gasteiger partial charge in [0.25, 0.3) is 0 Å². The van der Waals surface area contributed by atoms with Gasteiger partial charge in [-0.25, -0.2) is 9.97 Å². The number of ether oxygens (including phenoxy) is 1. The second-order valence-electron chi connectivity index (χ2n) is 4.02. The molecule has 2 aromatic rings. The smallest absolute Gasteiger partial charge is 0.387 e. The van der Waals surface area contributed by atoms with Crippen LogP contribution in [0.15, 0.2) is 16.7 Å². The number of halogens is 4. The zero-order chi connectivity index (χ0) is 17.6. The first-order chi connectivity index (χ1) is 10.8. The predicted molar refractivity (Wildman–Crippen MR) is 79.8 cm³/mol. The van der Waals surface area contributed by atoms with Crippen LogP contribution in [0.4, 0.5) is 8.78 Å². The lowest BCUT2D eigenvalue weighted by Gasteiger charge is -2.12. The van der Waals surface area contributed by atoms with Crippen molar-refractivity contribution in [2.24, 2.45) is 0 Å². The molecule has 0 atom stereocenters. The number of aryl methyl sites for hydroxylation is 2. The van der Waals surface area contributed by atoms with E-state index < -0.39 is 6.61 Å². The van der Waals surface area contributed by atoms with Crippen molar-refractivity contribution in [2.45, 2.75) is 26.9 Å². The molecule has 0 spiro atoms. The van der Waals surface area contributed by atoms with Crippen molar-refractivity contribution in [2.75, 3.05) is 0 Å². The molecule has 2 heterocycles. The minimum atomic E-state index is -2.95. The second kappa shape index (κ2) is 8.71. The maximum atomic E-state index is 12.5. The van der Waals surface area contributed by atoms with E-state index >= 15 is 0 Å². The number of aromatic nitrogens is 3. The number of pyridine rings is 1. The lowest BCUT2D eigenvalue weighted by Crippen LogP contribution is -2.08. The van der Waals surface area contributed by atoms with Gasteiger partial charge in [0.2, 0.25) is 0 Å². The first kappa shape index (κ1) is 19.2. The summed E-state index contributed by atoms with van der Waals surface area (Å²) in [5.41, 5.74) is 0.678. The summed E-state index contributed by atoms with van der Waals surface area (Å²) in [5, 5.41) is 0.346. The third-order valence-corrected chi connectivity index (χ3v) is 3.44. The molecule has 0 saturated carbocycles. The standard InChI is InChI=1S/C12H11BrClF2N3O.CO2/c1-3-8-10(14)19(6(2)18-8)11-9(20-12(15)16)4-7(13)5-17-11;2-1-3/h4-5,12H,3H2,1-2H3;. The number of imidazole rings is 1. The van der Waals surface area contributed by atoms with Gasteiger partial charge in [0.15, 0.2) is 11.6 Å². The molecule has 0 fully saturated rings. The summed E-state index contributed by atoms with van der Waals surface area (Å²) in [7, 11) is 0. The van der Waals surface area contributed by atoms with Crippen molar-refractivity contribution in [3.8, 4) is 11.6 Å². The van der Waals surface area contributed by atoms with Crippen molar-refractivity contribution in [1.29, 1.82) is 0 Å². The summed E-state index contributed by atoms with van der Waals surface area (Å²) in [4.78, 5) is 24.6. The van der Waals surface area contributed by atoms with Crippen molar-refractivity contribution >= 4 is 33.7 Å². The summed E-state index contributed by atoms with van der Waals surface area (Å²) in [6.07, 6.45) is 2.36. The molecule has 0 amide bonds. The summed E-state index contributed by atoms with van der Waals surface area (Å²) < 4.78 is 31.5. The van der Waals surface area contributed by atoms with Crippen LogP contribution in [0.25, 0.3) is 5.82 Å². The summed E-state index contributed by atoms with van der Waals surface area (Å²) in [6.45, 7) is 0.683. The van der Waals surface area contributed by atoms with E-state index in [1.807, 2.05) is 6.92 Å². The van der Waals surface area contributed by atoms with E-state index in [2.05, 4.69) is 30.6 Å². The number of nitrogens with zero attached hydrogens (tertiary/aromatic N) is 3. The Morgan fingerprint density at radius 2 is 2.09 bits per heavy atom. The van der Waals surface area contributed by atoms with Gasteiger partial charge in [-0.2, -0.15) is 18.4 Å². The summed E-state index contributed by atoms with van der Waals surface area (Å²) in [5.74, 6) is 0.670. The van der Waals surface area contributed by atoms with Gasteiger partial charge in [-0.15, -0.1) is 0 Å². The topological polar surface area (TPSA) is 74.1 Å². The van der Waals surface area contributed by atoms with Crippen LogP contribution < -0.4 is 4.74 Å². The molecule has 2 aromatic heterocycles. The highest BCUT2D eigenvalue weighted by atomic mass is 79.9. The van der Waals surface area contributed by atoms with Gasteiger partial charge in [-0.05, 0) is 29.3 Å². The summed E-state index contributed by atoms with van der Waals surface area (Å²) in [6, 6.07) is 1.41. The Kier molecular flexibility index (Phi) is 7.28. The van der Waals surface area contributed by atoms with E-state index in [0.717, 1.165) is 0 Å². The van der Waals surface area contributed by atoms with Crippen LogP contribution in [0.5, 0.6) is 5.75 Å². The van der Waals surface area contributed by atoms with E-state index in [9.17, 15) is 8.78 Å². The van der Waals surface area contributed by atoms with E-state index in [4.69, 9.17) is 21.2 Å². The molecule has 124 valence electrons. The molecular formula is C13H11BrClF2N3O3. The fourth-order valence-electron chi connectivity index (χ4n) is 1.80. The minimum absolute atomic E-state index is 0.0700. The van der Waals surface area contributed by atoms with E-state index in [0.29, 0.717) is 27.6 Å². The second-order valence-corrected chi connectivity index (χ2v) is 5.30. The lowest BCUT2D eigenvalue weighted by molar-refractivity contribution is -0.191. The van der Waals surface area contributed by atoms with Crippen molar-refractivity contribution in [3.63, 3.8) is 0 Å². The highest BCUT2D eigenvalue weighted by Gasteiger charge is 2.19. The fraction of sp³-hybridized carbons (Fsp3) is 0.308. The zero-order valence-electron chi connectivity index (χ0n) is 12.0. The number of hydrogen-bond acceptors (Lipinski definition) is 5. The molecule has 0 N–H and O–H groups in total. The largest absolute Gasteiger partial charge is 0.431 e. The molecule has 2 rings (SSSR count). The molecular weight excluding hydrogens is 400 g/mol. The van der Waals surface area contributed by atoms with Crippen LogP contribution in [0.1, 0.15) is 18.4 Å². The van der Waals surface area contributed by atoms with Gasteiger partial charge in [-0.1, -0.05) is 18.5 Å². The van der Waals surface area contributed by atoms with Gasteiger partial charge >= 0.3 is 12.8 Å². The van der Waals surface area contributed by atoms with Crippen LogP contribution >= 0.6 is 27.5 Å². The Morgan fingerprint density at radius 3 is 2.57 bits per heavy atom. The molecule has 0 aliphatic heterocycles. The van der Waals surface area contributed by atoms with Crippen LogP contribution in [-0.4, -0.2) is 27.3 Å². The first-order valence-corrected chi connectivity index (χ1v) is 7.36. The van der Waals surface area contributed by atoms with Gasteiger partial charge in [0.1, 0.15) is 11.0 Å². The first-order valence-electron chi connectivity index (χ1n) is 6.19. The van der Waals surface area contributed by atoms with Gasteiger partial charge in [0, 0.05) is 16.7 Å². The Balaban J connectivity index is 0.000000816. The third-order valence-electron chi connectivity index (χ3n) is 2.62. The highest BCUT2D eigenvalue weighted by molar-refractivity contribution is 9.10. The molecule has 0 aliphatic carbocycles. The van der Waals surface area contributed by atoms with Gasteiger partial charge in [0.05, 0.1) is 5.69 Å². The van der Waals surface area contributed by atoms with Crippen molar-refractivity contribution in [3.05, 3.63) is 33.4 Å². The zero-order valence-corrected chi connectivity index (χ0v) is 14.4. The molecule has 0 saturated heterocycles. The van der Waals surface area contributed by atoms with Gasteiger partial charge < -0.3 is 4.74 Å². The highest BCUT2D eigenvalue weighted by Crippen LogP contribution is 2.31. The Hall–Kier alpha value is -1.83. The third kappa shape index (κ3) is 4.82. The quantitative estimate of drug-likeness (QED) is 0.770. The average Bonchev–Trinajstić information content (AvgIpc) is 2.74. The number of alkyl halides is 2. The predicted octanol–water partition coefficient (Wildman–Crippen LogP) is 3.57. The monoisotopic (exact) mass is 409 g/mol. The number of carbonyl (C=O) groups excluding carboxylic acids is 2. The van der Waals surface area contributed by atoms with Crippen molar-refractivity contribution < 1.29 is 23.1 Å². The number of hydrogen-bond donors (Lipinski definition) is 0. The lowest BCUT2D eigenvalue weighted by atomic mass is 10.4. The maximum absolute atomic E-state index is 12.5. The molecule has 10 heteroatoms. The summed E-state index contributed by atoms with van der Waals surface area (Å²) >= 11 is 9.39. The molecule has 0 unspecified atom stereocenters.